The van der Waals surface area contributed by atoms with Gasteiger partial charge in [0.05, 0.1) is 0 Å². The third-order valence-corrected chi connectivity index (χ3v) is 3.75. The normalized spacial score (nSPS) is 31.1. The second-order valence-electron chi connectivity index (χ2n) is 5.00. The highest BCUT2D eigenvalue weighted by Crippen LogP contribution is 2.27. The Morgan fingerprint density at radius 1 is 1.38 bits per heavy atom. The monoisotopic (exact) mass is 225 g/mol. The summed E-state index contributed by atoms with van der Waals surface area (Å²) in [4.78, 5) is 6.83. The maximum absolute atomic E-state index is 8.96. The summed E-state index contributed by atoms with van der Waals surface area (Å²) >= 11 is 0. The number of hydrogen-bond donors (Lipinski definition) is 2. The summed E-state index contributed by atoms with van der Waals surface area (Å²) in [6.45, 7) is 4.30. The minimum Gasteiger partial charge on any atom is -0.376 e. The zero-order valence-electron chi connectivity index (χ0n) is 10.2. The first-order valence-electron chi connectivity index (χ1n) is 6.47. The van der Waals surface area contributed by atoms with E-state index in [0.29, 0.717) is 6.04 Å². The summed E-state index contributed by atoms with van der Waals surface area (Å²) in [5.74, 6) is 1.79. The summed E-state index contributed by atoms with van der Waals surface area (Å²) in [6.07, 6.45) is 6.34. The van der Waals surface area contributed by atoms with Crippen LogP contribution in [0.5, 0.6) is 0 Å². The number of aliphatic hydroxyl groups is 1. The smallest absolute Gasteiger partial charge is 0.195 e. The summed E-state index contributed by atoms with van der Waals surface area (Å²) in [6, 6.07) is 0.634. The lowest BCUT2D eigenvalue weighted by Gasteiger charge is -2.39. The van der Waals surface area contributed by atoms with Crippen molar-refractivity contribution in [2.75, 3.05) is 19.8 Å². The molecule has 1 aliphatic heterocycles. The van der Waals surface area contributed by atoms with E-state index < -0.39 is 0 Å². The maximum Gasteiger partial charge on any atom is 0.195 e. The van der Waals surface area contributed by atoms with Crippen LogP contribution in [-0.2, 0) is 0 Å². The summed E-state index contributed by atoms with van der Waals surface area (Å²) in [5, 5.41) is 11.9. The Balaban J connectivity index is 1.96. The third kappa shape index (κ3) is 2.67. The van der Waals surface area contributed by atoms with E-state index in [9.17, 15) is 0 Å². The van der Waals surface area contributed by atoms with Gasteiger partial charge in [-0.1, -0.05) is 6.92 Å². The van der Waals surface area contributed by atoms with Gasteiger partial charge < -0.3 is 15.3 Å². The molecule has 0 saturated heterocycles. The lowest BCUT2D eigenvalue weighted by molar-refractivity contribution is 0.193. The van der Waals surface area contributed by atoms with Gasteiger partial charge in [0.2, 0.25) is 0 Å². The molecule has 16 heavy (non-hydrogen) atoms. The Labute approximate surface area is 97.7 Å². The van der Waals surface area contributed by atoms with Crippen LogP contribution in [0.1, 0.15) is 39.0 Å². The van der Waals surface area contributed by atoms with Gasteiger partial charge in [-0.25, -0.2) is 0 Å². The number of nitrogens with one attached hydrogen (secondary N) is 1. The van der Waals surface area contributed by atoms with E-state index in [1.165, 1.54) is 25.7 Å². The topological polar surface area (TPSA) is 47.9 Å². The van der Waals surface area contributed by atoms with Crippen LogP contribution in [0.3, 0.4) is 0 Å². The first-order chi connectivity index (χ1) is 7.81. The molecule has 4 nitrogen and oxygen atoms in total. The SMILES string of the molecule is CC1CCC(N2CCCN=C2NCO)CC1. The molecule has 0 unspecified atom stereocenters. The van der Waals surface area contributed by atoms with Crippen molar-refractivity contribution in [3.8, 4) is 0 Å². The van der Waals surface area contributed by atoms with Crippen LogP contribution in [0, 0.1) is 5.92 Å². The molecule has 4 heteroatoms. The van der Waals surface area contributed by atoms with Crippen molar-refractivity contribution in [3.05, 3.63) is 0 Å². The fraction of sp³-hybridized carbons (Fsp3) is 0.917. The highest BCUT2D eigenvalue weighted by molar-refractivity contribution is 5.80. The molecule has 1 aliphatic carbocycles. The van der Waals surface area contributed by atoms with E-state index in [1.54, 1.807) is 0 Å². The van der Waals surface area contributed by atoms with Crippen molar-refractivity contribution >= 4 is 5.96 Å². The van der Waals surface area contributed by atoms with E-state index in [-0.39, 0.29) is 6.73 Å². The Morgan fingerprint density at radius 3 is 2.81 bits per heavy atom. The Bertz CT molecular complexity index is 247. The fourth-order valence-corrected chi connectivity index (χ4v) is 2.76. The minimum atomic E-state index is -0.0154. The summed E-state index contributed by atoms with van der Waals surface area (Å²) in [7, 11) is 0. The van der Waals surface area contributed by atoms with Gasteiger partial charge in [0, 0.05) is 19.1 Å². The van der Waals surface area contributed by atoms with Crippen molar-refractivity contribution in [2.45, 2.75) is 45.1 Å². The molecule has 0 atom stereocenters. The maximum atomic E-state index is 8.96. The van der Waals surface area contributed by atoms with Crippen molar-refractivity contribution < 1.29 is 5.11 Å². The average Bonchev–Trinajstić information content (AvgIpc) is 2.32. The van der Waals surface area contributed by atoms with Gasteiger partial charge >= 0.3 is 0 Å². The standard InChI is InChI=1S/C12H23N3O/c1-10-3-5-11(6-4-10)15-8-2-7-13-12(15)14-9-16/h10-11,16H,2-9H2,1H3,(H,13,14). The summed E-state index contributed by atoms with van der Waals surface area (Å²) < 4.78 is 0. The number of guanidine groups is 1. The predicted octanol–water partition coefficient (Wildman–Crippen LogP) is 1.17. The molecule has 0 amide bonds. The van der Waals surface area contributed by atoms with Crippen molar-refractivity contribution in [2.24, 2.45) is 10.9 Å². The van der Waals surface area contributed by atoms with Crippen LogP contribution >= 0.6 is 0 Å². The molecule has 1 fully saturated rings. The Kier molecular flexibility index (Phi) is 4.04. The van der Waals surface area contributed by atoms with E-state index in [2.05, 4.69) is 22.1 Å². The van der Waals surface area contributed by atoms with Gasteiger partial charge in [-0.3, -0.25) is 4.99 Å². The number of hydrogen-bond acceptors (Lipinski definition) is 4. The molecule has 2 N–H and O–H groups in total. The van der Waals surface area contributed by atoms with Crippen molar-refractivity contribution in [1.82, 2.24) is 10.2 Å². The quantitative estimate of drug-likeness (QED) is 0.693. The highest BCUT2D eigenvalue weighted by Gasteiger charge is 2.27. The Hall–Kier alpha value is -0.770. The van der Waals surface area contributed by atoms with Gasteiger partial charge in [-0.2, -0.15) is 0 Å². The number of aliphatic imine (C=N–C) groups is 1. The predicted molar refractivity (Wildman–Crippen MR) is 65.3 cm³/mol. The van der Waals surface area contributed by atoms with Crippen LogP contribution in [0.15, 0.2) is 4.99 Å². The molecule has 0 aromatic carbocycles. The molecule has 2 rings (SSSR count). The second kappa shape index (κ2) is 5.53. The zero-order valence-corrected chi connectivity index (χ0v) is 10.2. The molecular weight excluding hydrogens is 202 g/mol. The molecule has 0 aromatic heterocycles. The number of nitrogens with zero attached hydrogens (tertiary/aromatic N) is 2. The molecule has 0 spiro atoms. The Morgan fingerprint density at radius 2 is 2.12 bits per heavy atom. The lowest BCUT2D eigenvalue weighted by atomic mass is 9.86. The molecule has 1 saturated carbocycles. The first kappa shape index (κ1) is 11.7. The van der Waals surface area contributed by atoms with Gasteiger partial charge in [0.1, 0.15) is 6.73 Å². The first-order valence-corrected chi connectivity index (χ1v) is 6.47. The van der Waals surface area contributed by atoms with Crippen LogP contribution in [0.2, 0.25) is 0 Å². The van der Waals surface area contributed by atoms with E-state index in [0.717, 1.165) is 31.4 Å². The van der Waals surface area contributed by atoms with E-state index in [1.807, 2.05) is 0 Å². The van der Waals surface area contributed by atoms with Crippen LogP contribution < -0.4 is 5.32 Å². The molecule has 0 aromatic rings. The lowest BCUT2D eigenvalue weighted by Crippen LogP contribution is -2.51. The van der Waals surface area contributed by atoms with E-state index in [4.69, 9.17) is 5.11 Å². The fourth-order valence-electron chi connectivity index (χ4n) is 2.76. The molecule has 92 valence electrons. The zero-order chi connectivity index (χ0) is 11.4. The summed E-state index contributed by atoms with van der Waals surface area (Å²) in [5.41, 5.74) is 0. The van der Waals surface area contributed by atoms with Gasteiger partial charge in [-0.15, -0.1) is 0 Å². The molecule has 0 radical (unpaired) electrons. The van der Waals surface area contributed by atoms with E-state index >= 15 is 0 Å². The average molecular weight is 225 g/mol. The van der Waals surface area contributed by atoms with Crippen molar-refractivity contribution in [1.29, 1.82) is 0 Å². The second-order valence-corrected chi connectivity index (χ2v) is 5.00. The van der Waals surface area contributed by atoms with Crippen molar-refractivity contribution in [3.63, 3.8) is 0 Å². The van der Waals surface area contributed by atoms with Crippen LogP contribution in [-0.4, -0.2) is 41.8 Å². The highest BCUT2D eigenvalue weighted by atomic mass is 16.3. The minimum absolute atomic E-state index is 0.0154. The third-order valence-electron chi connectivity index (χ3n) is 3.75. The molecular formula is C12H23N3O. The number of rotatable bonds is 2. The van der Waals surface area contributed by atoms with Gasteiger partial charge in [-0.05, 0) is 38.0 Å². The molecule has 0 bridgehead atoms. The van der Waals surface area contributed by atoms with Crippen LogP contribution in [0.25, 0.3) is 0 Å². The molecule has 1 heterocycles. The van der Waals surface area contributed by atoms with Gasteiger partial charge in [0.15, 0.2) is 5.96 Å². The number of aliphatic hydroxyl groups excluding tert-OH is 1. The van der Waals surface area contributed by atoms with Crippen LogP contribution in [0.4, 0.5) is 0 Å². The van der Waals surface area contributed by atoms with Gasteiger partial charge in [0.25, 0.3) is 0 Å². The largest absolute Gasteiger partial charge is 0.376 e. The molecule has 2 aliphatic rings.